The first-order valence-corrected chi connectivity index (χ1v) is 4.79. The van der Waals surface area contributed by atoms with Gasteiger partial charge in [0.05, 0.1) is 12.7 Å². The Hall–Kier alpha value is -0.270. The first-order chi connectivity index (χ1) is 5.74. The third kappa shape index (κ3) is 2.65. The highest BCUT2D eigenvalue weighted by atomic mass is 35.5. The lowest BCUT2D eigenvalue weighted by Gasteiger charge is -2.21. The van der Waals surface area contributed by atoms with Crippen LogP contribution in [-0.4, -0.2) is 18.6 Å². The van der Waals surface area contributed by atoms with E-state index < -0.39 is 0 Å². The summed E-state index contributed by atoms with van der Waals surface area (Å²) in [6, 6.07) is 0. The number of alkyl halides is 1. The summed E-state index contributed by atoms with van der Waals surface area (Å²) in [5.74, 6) is 0.568. The first kappa shape index (κ1) is 9.82. The van der Waals surface area contributed by atoms with E-state index in [1.54, 1.807) is 0 Å². The van der Waals surface area contributed by atoms with Crippen molar-refractivity contribution in [1.82, 2.24) is 0 Å². The number of halogens is 1. The molecule has 0 N–H and O–H groups in total. The number of rotatable bonds is 2. The molecule has 1 nitrogen and oxygen atoms in total. The highest BCUT2D eigenvalue weighted by Gasteiger charge is 2.12. The van der Waals surface area contributed by atoms with Crippen LogP contribution in [0.1, 0.15) is 20.3 Å². The average Bonchev–Trinajstić information content (AvgIpc) is 2.05. The van der Waals surface area contributed by atoms with Crippen molar-refractivity contribution in [3.8, 4) is 0 Å². The maximum absolute atomic E-state index is 5.60. The molecule has 0 aromatic carbocycles. The SMILES string of the molecule is CC1=CC(/C(C)=C\CCl)OCC1. The van der Waals surface area contributed by atoms with Gasteiger partial charge in [-0.15, -0.1) is 11.6 Å². The minimum atomic E-state index is 0.164. The summed E-state index contributed by atoms with van der Waals surface area (Å²) in [5, 5.41) is 0. The smallest absolute Gasteiger partial charge is 0.0967 e. The van der Waals surface area contributed by atoms with Crippen LogP contribution in [0.5, 0.6) is 0 Å². The quantitative estimate of drug-likeness (QED) is 0.476. The van der Waals surface area contributed by atoms with Gasteiger partial charge in [0.25, 0.3) is 0 Å². The van der Waals surface area contributed by atoms with Crippen molar-refractivity contribution in [3.63, 3.8) is 0 Å². The van der Waals surface area contributed by atoms with Gasteiger partial charge in [-0.25, -0.2) is 0 Å². The largest absolute Gasteiger partial charge is 0.369 e. The first-order valence-electron chi connectivity index (χ1n) is 4.25. The Kier molecular flexibility index (Phi) is 3.83. The van der Waals surface area contributed by atoms with Gasteiger partial charge in [0, 0.05) is 5.88 Å². The molecule has 0 radical (unpaired) electrons. The zero-order valence-electron chi connectivity index (χ0n) is 7.64. The van der Waals surface area contributed by atoms with Gasteiger partial charge in [-0.1, -0.05) is 17.7 Å². The third-order valence-electron chi connectivity index (χ3n) is 2.08. The second-order valence-electron chi connectivity index (χ2n) is 3.16. The molecule has 0 amide bonds. The van der Waals surface area contributed by atoms with Crippen molar-refractivity contribution in [2.45, 2.75) is 26.4 Å². The summed E-state index contributed by atoms with van der Waals surface area (Å²) in [6.45, 7) is 5.03. The van der Waals surface area contributed by atoms with Crippen molar-refractivity contribution in [1.29, 1.82) is 0 Å². The van der Waals surface area contributed by atoms with Crippen LogP contribution in [0.3, 0.4) is 0 Å². The predicted octanol–water partition coefficient (Wildman–Crippen LogP) is 2.91. The Balaban J connectivity index is 2.63. The fourth-order valence-corrected chi connectivity index (χ4v) is 1.48. The van der Waals surface area contributed by atoms with Gasteiger partial charge in [0.2, 0.25) is 0 Å². The van der Waals surface area contributed by atoms with E-state index in [1.807, 2.05) is 6.08 Å². The zero-order chi connectivity index (χ0) is 8.97. The summed E-state index contributed by atoms with van der Waals surface area (Å²) in [4.78, 5) is 0. The van der Waals surface area contributed by atoms with Crippen LogP contribution in [-0.2, 0) is 4.74 Å². The number of hydrogen-bond donors (Lipinski definition) is 0. The summed E-state index contributed by atoms with van der Waals surface area (Å²) < 4.78 is 5.56. The molecule has 1 rings (SSSR count). The molecule has 0 aromatic rings. The van der Waals surface area contributed by atoms with E-state index in [4.69, 9.17) is 16.3 Å². The highest BCUT2D eigenvalue weighted by Crippen LogP contribution is 2.17. The number of hydrogen-bond acceptors (Lipinski definition) is 1. The molecule has 0 saturated carbocycles. The lowest BCUT2D eigenvalue weighted by atomic mass is 10.0. The van der Waals surface area contributed by atoms with E-state index in [0.29, 0.717) is 5.88 Å². The molecule has 12 heavy (non-hydrogen) atoms. The molecule has 0 aliphatic carbocycles. The Labute approximate surface area is 79.1 Å². The van der Waals surface area contributed by atoms with Crippen LogP contribution in [0.25, 0.3) is 0 Å². The van der Waals surface area contributed by atoms with Gasteiger partial charge in [-0.3, -0.25) is 0 Å². The normalized spacial score (nSPS) is 25.4. The second-order valence-corrected chi connectivity index (χ2v) is 3.47. The van der Waals surface area contributed by atoms with Gasteiger partial charge in [-0.2, -0.15) is 0 Å². The molecule has 2 heteroatoms. The van der Waals surface area contributed by atoms with Crippen molar-refractivity contribution >= 4 is 11.6 Å². The standard InChI is InChI=1S/C10H15ClO/c1-8-4-6-12-10(7-8)9(2)3-5-11/h3,7,10H,4-6H2,1-2H3/b9-3-. The van der Waals surface area contributed by atoms with Crippen molar-refractivity contribution in [3.05, 3.63) is 23.3 Å². The topological polar surface area (TPSA) is 9.23 Å². The van der Waals surface area contributed by atoms with Crippen LogP contribution in [0.15, 0.2) is 23.3 Å². The molecule has 0 saturated heterocycles. The van der Waals surface area contributed by atoms with Crippen molar-refractivity contribution in [2.24, 2.45) is 0 Å². The molecule has 0 aromatic heterocycles. The maximum atomic E-state index is 5.60. The Morgan fingerprint density at radius 1 is 1.83 bits per heavy atom. The van der Waals surface area contributed by atoms with Crippen LogP contribution in [0.4, 0.5) is 0 Å². The minimum Gasteiger partial charge on any atom is -0.369 e. The van der Waals surface area contributed by atoms with E-state index in [-0.39, 0.29) is 6.10 Å². The molecular weight excluding hydrogens is 172 g/mol. The van der Waals surface area contributed by atoms with Crippen LogP contribution in [0.2, 0.25) is 0 Å². The molecule has 1 heterocycles. The monoisotopic (exact) mass is 186 g/mol. The van der Waals surface area contributed by atoms with E-state index in [1.165, 1.54) is 11.1 Å². The Morgan fingerprint density at radius 2 is 2.58 bits per heavy atom. The van der Waals surface area contributed by atoms with Gasteiger partial charge in [0.1, 0.15) is 0 Å². The van der Waals surface area contributed by atoms with Crippen molar-refractivity contribution < 1.29 is 4.74 Å². The van der Waals surface area contributed by atoms with Gasteiger partial charge >= 0.3 is 0 Å². The average molecular weight is 187 g/mol. The van der Waals surface area contributed by atoms with Crippen LogP contribution in [0, 0.1) is 0 Å². The summed E-state index contributed by atoms with van der Waals surface area (Å²) in [7, 11) is 0. The molecule has 1 unspecified atom stereocenters. The minimum absolute atomic E-state index is 0.164. The van der Waals surface area contributed by atoms with E-state index in [2.05, 4.69) is 19.9 Å². The summed E-state index contributed by atoms with van der Waals surface area (Å²) in [6.07, 6.45) is 5.39. The Bertz CT molecular complexity index is 206. The zero-order valence-corrected chi connectivity index (χ0v) is 8.40. The lowest BCUT2D eigenvalue weighted by molar-refractivity contribution is 0.0996. The molecule has 68 valence electrons. The van der Waals surface area contributed by atoms with Gasteiger partial charge in [-0.05, 0) is 25.8 Å². The molecular formula is C10H15ClO. The molecule has 1 atom stereocenters. The fourth-order valence-electron chi connectivity index (χ4n) is 1.24. The number of allylic oxidation sites excluding steroid dienone is 1. The van der Waals surface area contributed by atoms with Gasteiger partial charge in [0.15, 0.2) is 0 Å². The Morgan fingerprint density at radius 3 is 3.17 bits per heavy atom. The summed E-state index contributed by atoms with van der Waals surface area (Å²) >= 11 is 5.60. The van der Waals surface area contributed by atoms with E-state index >= 15 is 0 Å². The fraction of sp³-hybridized carbons (Fsp3) is 0.600. The number of ether oxygens (including phenoxy) is 1. The van der Waals surface area contributed by atoms with Gasteiger partial charge < -0.3 is 4.74 Å². The highest BCUT2D eigenvalue weighted by molar-refractivity contribution is 6.18. The molecule has 0 spiro atoms. The van der Waals surface area contributed by atoms with Crippen LogP contribution >= 0.6 is 11.6 Å². The molecule has 1 aliphatic heterocycles. The summed E-state index contributed by atoms with van der Waals surface area (Å²) in [5.41, 5.74) is 2.62. The second kappa shape index (κ2) is 4.68. The molecule has 0 fully saturated rings. The lowest BCUT2D eigenvalue weighted by Crippen LogP contribution is -2.17. The predicted molar refractivity (Wildman–Crippen MR) is 52.6 cm³/mol. The molecule has 1 aliphatic rings. The molecule has 0 bridgehead atoms. The van der Waals surface area contributed by atoms with Crippen molar-refractivity contribution in [2.75, 3.05) is 12.5 Å². The van der Waals surface area contributed by atoms with E-state index in [9.17, 15) is 0 Å². The third-order valence-corrected chi connectivity index (χ3v) is 2.23. The maximum Gasteiger partial charge on any atom is 0.0967 e. The van der Waals surface area contributed by atoms with Crippen LogP contribution < -0.4 is 0 Å². The van der Waals surface area contributed by atoms with E-state index in [0.717, 1.165) is 13.0 Å².